The van der Waals surface area contributed by atoms with E-state index in [1.54, 1.807) is 48.5 Å². The zero-order chi connectivity index (χ0) is 33.3. The molecule has 10 heteroatoms. The molecule has 0 aromatic heterocycles. The van der Waals surface area contributed by atoms with Gasteiger partial charge in [0.05, 0.1) is 17.7 Å². The average Bonchev–Trinajstić information content (AvgIpc) is 3.04. The molecule has 242 valence electrons. The number of rotatable bonds is 14. The number of carbonyl (C=O) groups is 2. The third-order valence-electron chi connectivity index (χ3n) is 7.55. The van der Waals surface area contributed by atoms with Gasteiger partial charge < -0.3 is 15.0 Å². The van der Waals surface area contributed by atoms with Gasteiger partial charge in [-0.25, -0.2) is 8.42 Å². The van der Waals surface area contributed by atoms with Gasteiger partial charge in [0.25, 0.3) is 10.0 Å². The molecular formula is C36H40ClN3O5S. The second-order valence-electron chi connectivity index (χ2n) is 11.1. The second-order valence-corrected chi connectivity index (χ2v) is 13.4. The number of aryl methyl sites for hydroxylation is 2. The summed E-state index contributed by atoms with van der Waals surface area (Å²) in [4.78, 5) is 29.9. The molecule has 4 rings (SSSR count). The highest BCUT2D eigenvalue weighted by molar-refractivity contribution is 7.92. The van der Waals surface area contributed by atoms with Crippen LogP contribution in [0.1, 0.15) is 35.6 Å². The summed E-state index contributed by atoms with van der Waals surface area (Å²) in [5.41, 5.74) is 3.44. The van der Waals surface area contributed by atoms with Gasteiger partial charge in [-0.15, -0.1) is 0 Å². The molecule has 1 N–H and O–H groups in total. The smallest absolute Gasteiger partial charge is 0.264 e. The molecule has 0 aliphatic carbocycles. The minimum atomic E-state index is -4.26. The highest BCUT2D eigenvalue weighted by atomic mass is 35.5. The molecule has 0 spiro atoms. The Morgan fingerprint density at radius 1 is 0.870 bits per heavy atom. The number of carbonyl (C=O) groups excluding carboxylic acids is 2. The van der Waals surface area contributed by atoms with Gasteiger partial charge in [0.2, 0.25) is 11.8 Å². The molecule has 46 heavy (non-hydrogen) atoms. The number of nitrogens with one attached hydrogen (secondary N) is 1. The predicted octanol–water partition coefficient (Wildman–Crippen LogP) is 6.33. The molecule has 0 saturated heterocycles. The Kier molecular flexibility index (Phi) is 11.8. The van der Waals surface area contributed by atoms with E-state index in [4.69, 9.17) is 16.3 Å². The largest absolute Gasteiger partial charge is 0.495 e. The first-order chi connectivity index (χ1) is 22.0. The minimum Gasteiger partial charge on any atom is -0.495 e. The van der Waals surface area contributed by atoms with Gasteiger partial charge in [0, 0.05) is 24.5 Å². The summed E-state index contributed by atoms with van der Waals surface area (Å²) in [6.45, 7) is 5.53. The van der Waals surface area contributed by atoms with Crippen LogP contribution in [0.2, 0.25) is 5.02 Å². The first kappa shape index (κ1) is 34.5. The molecule has 0 saturated carbocycles. The number of ether oxygens (including phenoxy) is 1. The Morgan fingerprint density at radius 3 is 2.20 bits per heavy atom. The van der Waals surface area contributed by atoms with E-state index in [2.05, 4.69) is 5.32 Å². The minimum absolute atomic E-state index is 0.0253. The molecule has 0 heterocycles. The number of benzene rings is 4. The Bertz CT molecular complexity index is 1750. The zero-order valence-electron chi connectivity index (χ0n) is 26.6. The van der Waals surface area contributed by atoms with Crippen LogP contribution in [-0.4, -0.2) is 51.4 Å². The van der Waals surface area contributed by atoms with Gasteiger partial charge in [0.1, 0.15) is 18.3 Å². The van der Waals surface area contributed by atoms with Crippen LogP contribution in [0, 0.1) is 13.8 Å². The van der Waals surface area contributed by atoms with E-state index in [1.165, 1.54) is 24.1 Å². The van der Waals surface area contributed by atoms with Crippen LogP contribution in [0.5, 0.6) is 5.75 Å². The molecule has 0 aliphatic heterocycles. The molecule has 0 aliphatic rings. The van der Waals surface area contributed by atoms with Gasteiger partial charge >= 0.3 is 0 Å². The molecule has 4 aromatic carbocycles. The lowest BCUT2D eigenvalue weighted by Crippen LogP contribution is -2.53. The molecule has 1 atom stereocenters. The predicted molar refractivity (Wildman–Crippen MR) is 183 cm³/mol. The van der Waals surface area contributed by atoms with Crippen molar-refractivity contribution in [2.45, 2.75) is 51.1 Å². The lowest BCUT2D eigenvalue weighted by atomic mass is 10.0. The van der Waals surface area contributed by atoms with E-state index in [0.717, 1.165) is 21.0 Å². The maximum Gasteiger partial charge on any atom is 0.264 e. The van der Waals surface area contributed by atoms with Crippen molar-refractivity contribution < 1.29 is 22.7 Å². The number of sulfonamides is 1. The van der Waals surface area contributed by atoms with Crippen LogP contribution in [0.4, 0.5) is 5.69 Å². The monoisotopic (exact) mass is 661 g/mol. The molecule has 0 fully saturated rings. The van der Waals surface area contributed by atoms with Gasteiger partial charge in [-0.1, -0.05) is 84.8 Å². The molecule has 1 unspecified atom stereocenters. The van der Waals surface area contributed by atoms with Crippen molar-refractivity contribution in [3.63, 3.8) is 0 Å². The highest BCUT2D eigenvalue weighted by Gasteiger charge is 2.35. The molecule has 0 radical (unpaired) electrons. The quantitative estimate of drug-likeness (QED) is 0.171. The van der Waals surface area contributed by atoms with Crippen LogP contribution < -0.4 is 14.4 Å². The number of hydrogen-bond acceptors (Lipinski definition) is 5. The van der Waals surface area contributed by atoms with E-state index in [-0.39, 0.29) is 35.2 Å². The summed E-state index contributed by atoms with van der Waals surface area (Å²) in [5, 5.41) is 3.43. The van der Waals surface area contributed by atoms with Crippen molar-refractivity contribution in [1.82, 2.24) is 10.2 Å². The van der Waals surface area contributed by atoms with Crippen molar-refractivity contribution in [2.75, 3.05) is 24.5 Å². The van der Waals surface area contributed by atoms with Crippen LogP contribution in [0.15, 0.2) is 102 Å². The Labute approximate surface area is 277 Å². The molecule has 4 aromatic rings. The summed E-state index contributed by atoms with van der Waals surface area (Å²) < 4.78 is 35.3. The van der Waals surface area contributed by atoms with Gasteiger partial charge in [-0.2, -0.15) is 0 Å². The van der Waals surface area contributed by atoms with E-state index in [0.29, 0.717) is 23.6 Å². The SMILES string of the molecule is CCCNC(=O)C(Cc1ccccc1)N(Cc1cccc(Cl)c1)C(=O)CN(c1cc(C)ccc1OC)S(=O)(=O)c1ccc(C)cc1. The number of amides is 2. The summed E-state index contributed by atoms with van der Waals surface area (Å²) >= 11 is 6.32. The highest BCUT2D eigenvalue weighted by Crippen LogP contribution is 2.34. The zero-order valence-corrected chi connectivity index (χ0v) is 28.1. The van der Waals surface area contributed by atoms with Gasteiger partial charge in [0.15, 0.2) is 0 Å². The summed E-state index contributed by atoms with van der Waals surface area (Å²) in [5.74, 6) is -0.606. The summed E-state index contributed by atoms with van der Waals surface area (Å²) in [6.07, 6.45) is 0.933. The van der Waals surface area contributed by atoms with Gasteiger partial charge in [-0.05, 0) is 73.4 Å². The van der Waals surface area contributed by atoms with Crippen molar-refractivity contribution >= 4 is 39.1 Å². The fraction of sp³-hybridized carbons (Fsp3) is 0.278. The normalized spacial score (nSPS) is 11.8. The number of methoxy groups -OCH3 is 1. The van der Waals surface area contributed by atoms with Crippen LogP contribution in [-0.2, 0) is 32.6 Å². The Hall–Kier alpha value is -4.34. The number of halogens is 1. The van der Waals surface area contributed by atoms with Crippen molar-refractivity contribution in [1.29, 1.82) is 0 Å². The lowest BCUT2D eigenvalue weighted by molar-refractivity contribution is -0.140. The third-order valence-corrected chi connectivity index (χ3v) is 9.56. The first-order valence-corrected chi connectivity index (χ1v) is 16.9. The number of hydrogen-bond donors (Lipinski definition) is 1. The van der Waals surface area contributed by atoms with E-state index in [9.17, 15) is 18.0 Å². The first-order valence-electron chi connectivity index (χ1n) is 15.1. The van der Waals surface area contributed by atoms with Crippen LogP contribution in [0.3, 0.4) is 0 Å². The third kappa shape index (κ3) is 8.68. The lowest BCUT2D eigenvalue weighted by Gasteiger charge is -2.34. The number of nitrogens with zero attached hydrogens (tertiary/aromatic N) is 2. The summed E-state index contributed by atoms with van der Waals surface area (Å²) in [7, 11) is -2.81. The van der Waals surface area contributed by atoms with Crippen LogP contribution in [0.25, 0.3) is 0 Å². The maximum atomic E-state index is 14.6. The Morgan fingerprint density at radius 2 is 1.54 bits per heavy atom. The van der Waals surface area contributed by atoms with Crippen molar-refractivity contribution in [2.24, 2.45) is 0 Å². The van der Waals surface area contributed by atoms with E-state index >= 15 is 0 Å². The van der Waals surface area contributed by atoms with Crippen LogP contribution >= 0.6 is 11.6 Å². The standard InChI is InChI=1S/C36H40ClN3O5S/c1-5-20-38-36(42)33(23-28-10-7-6-8-11-28)39(24-29-12-9-13-30(37)22-29)35(41)25-40(32-21-27(3)16-19-34(32)45-4)46(43,44)31-17-14-26(2)15-18-31/h6-19,21-22,33H,5,20,23-25H2,1-4H3,(H,38,42). The Balaban J connectivity index is 1.85. The van der Waals surface area contributed by atoms with Crippen molar-refractivity contribution in [3.8, 4) is 5.75 Å². The van der Waals surface area contributed by atoms with Crippen molar-refractivity contribution in [3.05, 3.63) is 124 Å². The fourth-order valence-electron chi connectivity index (χ4n) is 5.10. The molecule has 2 amide bonds. The second kappa shape index (κ2) is 15.8. The summed E-state index contributed by atoms with van der Waals surface area (Å²) in [6, 6.07) is 27.1. The fourth-order valence-corrected chi connectivity index (χ4v) is 6.73. The molecule has 0 bridgehead atoms. The topological polar surface area (TPSA) is 96.0 Å². The van der Waals surface area contributed by atoms with Gasteiger partial charge in [-0.3, -0.25) is 13.9 Å². The van der Waals surface area contributed by atoms with E-state index in [1.807, 2.05) is 57.2 Å². The average molecular weight is 662 g/mol. The maximum absolute atomic E-state index is 14.6. The number of anilines is 1. The van der Waals surface area contributed by atoms with E-state index < -0.39 is 28.5 Å². The molecule has 8 nitrogen and oxygen atoms in total. The molecular weight excluding hydrogens is 622 g/mol.